The van der Waals surface area contributed by atoms with Gasteiger partial charge < -0.3 is 10.0 Å². The number of rotatable bonds is 2. The summed E-state index contributed by atoms with van der Waals surface area (Å²) in [5.74, 6) is 0.262. The molecule has 1 aliphatic heterocycles. The highest BCUT2D eigenvalue weighted by molar-refractivity contribution is 5.93. The molecule has 0 aromatic carbocycles. The molecule has 0 aliphatic carbocycles. The van der Waals surface area contributed by atoms with E-state index in [9.17, 15) is 9.90 Å². The predicted octanol–water partition coefficient (Wildman–Crippen LogP) is 1.88. The Bertz CT molecular complexity index is 605. The van der Waals surface area contributed by atoms with Crippen LogP contribution in [0.1, 0.15) is 23.8 Å². The van der Waals surface area contributed by atoms with Crippen LogP contribution in [-0.4, -0.2) is 33.6 Å². The third-order valence-corrected chi connectivity index (χ3v) is 3.44. The zero-order valence-corrected chi connectivity index (χ0v) is 10.2. The van der Waals surface area contributed by atoms with Gasteiger partial charge in [-0.2, -0.15) is 0 Å². The van der Waals surface area contributed by atoms with Gasteiger partial charge in [-0.25, -0.2) is 9.78 Å². The second kappa shape index (κ2) is 4.01. The molecule has 94 valence electrons. The van der Waals surface area contributed by atoms with Crippen molar-refractivity contribution in [3.63, 3.8) is 0 Å². The molecule has 1 unspecified atom stereocenters. The minimum absolute atomic E-state index is 0.264. The van der Waals surface area contributed by atoms with Gasteiger partial charge in [0.1, 0.15) is 5.65 Å². The Morgan fingerprint density at radius 3 is 3.00 bits per heavy atom. The van der Waals surface area contributed by atoms with Crippen LogP contribution in [0.2, 0.25) is 0 Å². The Morgan fingerprint density at radius 1 is 1.50 bits per heavy atom. The normalized spacial score (nSPS) is 19.6. The van der Waals surface area contributed by atoms with Crippen molar-refractivity contribution in [1.82, 2.24) is 9.38 Å². The van der Waals surface area contributed by atoms with Gasteiger partial charge in [0, 0.05) is 19.3 Å². The van der Waals surface area contributed by atoms with Crippen molar-refractivity contribution in [3.05, 3.63) is 30.1 Å². The van der Waals surface area contributed by atoms with Crippen molar-refractivity contribution in [2.24, 2.45) is 5.92 Å². The Labute approximate surface area is 105 Å². The van der Waals surface area contributed by atoms with Crippen LogP contribution in [0.5, 0.6) is 0 Å². The summed E-state index contributed by atoms with van der Waals surface area (Å²) in [6, 6.07) is 5.51. The number of hydrogen-bond donors (Lipinski definition) is 1. The standard InChI is InChI=1S/C13H15N3O2/c1-9-5-7-15(8-9)12-11(13(17)18)16-6-3-2-4-10(16)14-12/h2-4,6,9H,5,7-8H2,1H3,(H,17,18). The van der Waals surface area contributed by atoms with E-state index >= 15 is 0 Å². The van der Waals surface area contributed by atoms with E-state index in [2.05, 4.69) is 16.8 Å². The molecule has 1 aliphatic rings. The lowest BCUT2D eigenvalue weighted by molar-refractivity contribution is 0.0690. The number of carboxylic acid groups (broad SMARTS) is 1. The molecule has 2 aromatic heterocycles. The highest BCUT2D eigenvalue weighted by atomic mass is 16.4. The molecule has 3 heterocycles. The van der Waals surface area contributed by atoms with Gasteiger partial charge in [-0.05, 0) is 24.5 Å². The smallest absolute Gasteiger partial charge is 0.356 e. The summed E-state index contributed by atoms with van der Waals surface area (Å²) >= 11 is 0. The predicted molar refractivity (Wildman–Crippen MR) is 68.1 cm³/mol. The second-order valence-electron chi connectivity index (χ2n) is 4.86. The molecule has 0 spiro atoms. The fourth-order valence-corrected chi connectivity index (χ4v) is 2.53. The van der Waals surface area contributed by atoms with E-state index in [1.807, 2.05) is 18.2 Å². The van der Waals surface area contributed by atoms with Crippen LogP contribution in [-0.2, 0) is 0 Å². The lowest BCUT2D eigenvalue weighted by Gasteiger charge is -2.15. The number of aromatic carboxylic acids is 1. The number of nitrogens with zero attached hydrogens (tertiary/aromatic N) is 3. The first-order valence-electron chi connectivity index (χ1n) is 6.12. The molecule has 0 saturated carbocycles. The van der Waals surface area contributed by atoms with Gasteiger partial charge in [0.25, 0.3) is 0 Å². The van der Waals surface area contributed by atoms with E-state index in [0.29, 0.717) is 17.4 Å². The lowest BCUT2D eigenvalue weighted by Crippen LogP contribution is -2.22. The van der Waals surface area contributed by atoms with E-state index in [4.69, 9.17) is 0 Å². The number of pyridine rings is 1. The molecule has 3 rings (SSSR count). The van der Waals surface area contributed by atoms with Crippen molar-refractivity contribution in [2.45, 2.75) is 13.3 Å². The fourth-order valence-electron chi connectivity index (χ4n) is 2.53. The summed E-state index contributed by atoms with van der Waals surface area (Å²) in [5.41, 5.74) is 0.948. The van der Waals surface area contributed by atoms with Crippen LogP contribution in [0.15, 0.2) is 24.4 Å². The first-order chi connectivity index (χ1) is 8.66. The zero-order chi connectivity index (χ0) is 12.7. The van der Waals surface area contributed by atoms with Gasteiger partial charge in [-0.3, -0.25) is 4.40 Å². The lowest BCUT2D eigenvalue weighted by atomic mass is 10.2. The van der Waals surface area contributed by atoms with Crippen LogP contribution < -0.4 is 4.90 Å². The molecule has 18 heavy (non-hydrogen) atoms. The number of carboxylic acids is 1. The molecule has 1 saturated heterocycles. The summed E-state index contributed by atoms with van der Waals surface area (Å²) in [5, 5.41) is 9.39. The SMILES string of the molecule is CC1CCN(c2nc3ccccn3c2C(=O)O)C1. The van der Waals surface area contributed by atoms with E-state index in [1.165, 1.54) is 0 Å². The second-order valence-corrected chi connectivity index (χ2v) is 4.86. The molecule has 0 radical (unpaired) electrons. The molecule has 1 atom stereocenters. The largest absolute Gasteiger partial charge is 0.476 e. The molecule has 0 bridgehead atoms. The number of hydrogen-bond acceptors (Lipinski definition) is 3. The van der Waals surface area contributed by atoms with Gasteiger partial charge in [-0.15, -0.1) is 0 Å². The molecule has 2 aromatic rings. The van der Waals surface area contributed by atoms with Gasteiger partial charge in [0.05, 0.1) is 0 Å². The molecule has 5 heteroatoms. The monoisotopic (exact) mass is 245 g/mol. The molecule has 5 nitrogen and oxygen atoms in total. The number of aromatic nitrogens is 2. The highest BCUT2D eigenvalue weighted by Crippen LogP contribution is 2.27. The first-order valence-corrected chi connectivity index (χ1v) is 6.12. The molecular weight excluding hydrogens is 230 g/mol. The van der Waals surface area contributed by atoms with Crippen LogP contribution in [0, 0.1) is 5.92 Å². The molecule has 1 fully saturated rings. The summed E-state index contributed by atoms with van der Waals surface area (Å²) in [4.78, 5) is 18.0. The van der Waals surface area contributed by atoms with Crippen molar-refractivity contribution in [3.8, 4) is 0 Å². The van der Waals surface area contributed by atoms with E-state index in [0.717, 1.165) is 19.5 Å². The van der Waals surface area contributed by atoms with E-state index < -0.39 is 5.97 Å². The van der Waals surface area contributed by atoms with Crippen LogP contribution in [0.25, 0.3) is 5.65 Å². The third kappa shape index (κ3) is 1.63. The minimum Gasteiger partial charge on any atom is -0.476 e. The third-order valence-electron chi connectivity index (χ3n) is 3.44. The average molecular weight is 245 g/mol. The zero-order valence-electron chi connectivity index (χ0n) is 10.2. The molecule has 0 amide bonds. The van der Waals surface area contributed by atoms with Gasteiger partial charge >= 0.3 is 5.97 Å². The quantitative estimate of drug-likeness (QED) is 0.877. The Kier molecular flexibility index (Phi) is 2.47. The number of fused-ring (bicyclic) bond motifs is 1. The van der Waals surface area contributed by atoms with E-state index in [1.54, 1.807) is 10.6 Å². The van der Waals surface area contributed by atoms with Crippen LogP contribution in [0.4, 0.5) is 5.82 Å². The first kappa shape index (κ1) is 11.1. The Morgan fingerprint density at radius 2 is 2.33 bits per heavy atom. The summed E-state index contributed by atoms with van der Waals surface area (Å²) in [6.45, 7) is 3.94. The van der Waals surface area contributed by atoms with Crippen molar-refractivity contribution >= 4 is 17.4 Å². The topological polar surface area (TPSA) is 57.8 Å². The maximum Gasteiger partial charge on any atom is 0.356 e. The van der Waals surface area contributed by atoms with Gasteiger partial charge in [-0.1, -0.05) is 13.0 Å². The van der Waals surface area contributed by atoms with Crippen molar-refractivity contribution < 1.29 is 9.90 Å². The van der Waals surface area contributed by atoms with Crippen LogP contribution >= 0.6 is 0 Å². The molecular formula is C13H15N3O2. The van der Waals surface area contributed by atoms with Gasteiger partial charge in [0.2, 0.25) is 0 Å². The number of carbonyl (C=O) groups is 1. The number of anilines is 1. The van der Waals surface area contributed by atoms with Crippen LogP contribution in [0.3, 0.4) is 0 Å². The Balaban J connectivity index is 2.16. The van der Waals surface area contributed by atoms with Crippen molar-refractivity contribution in [1.29, 1.82) is 0 Å². The summed E-state index contributed by atoms with van der Waals surface area (Å²) in [7, 11) is 0. The summed E-state index contributed by atoms with van der Waals surface area (Å²) < 4.78 is 1.64. The average Bonchev–Trinajstić information content (AvgIpc) is 2.91. The van der Waals surface area contributed by atoms with Crippen molar-refractivity contribution in [2.75, 3.05) is 18.0 Å². The Hall–Kier alpha value is -2.04. The summed E-state index contributed by atoms with van der Waals surface area (Å²) in [6.07, 6.45) is 2.84. The van der Waals surface area contributed by atoms with E-state index in [-0.39, 0.29) is 5.69 Å². The fraction of sp³-hybridized carbons (Fsp3) is 0.385. The maximum atomic E-state index is 11.4. The highest BCUT2D eigenvalue weighted by Gasteiger charge is 2.27. The minimum atomic E-state index is -0.928. The number of imidazole rings is 1. The van der Waals surface area contributed by atoms with Gasteiger partial charge in [0.15, 0.2) is 11.5 Å². The molecule has 1 N–H and O–H groups in total. The maximum absolute atomic E-state index is 11.4.